The number of nitrogens with one attached hydrogen (secondary N) is 1. The van der Waals surface area contributed by atoms with Gasteiger partial charge in [0.15, 0.2) is 0 Å². The van der Waals surface area contributed by atoms with E-state index in [1.807, 2.05) is 0 Å². The second-order valence-electron chi connectivity index (χ2n) is 2.17. The highest BCUT2D eigenvalue weighted by molar-refractivity contribution is 7.99. The molecule has 1 aromatic heterocycles. The Balaban J connectivity index is 2.66. The second-order valence-corrected chi connectivity index (χ2v) is 3.23. The average molecular weight is 188 g/mol. The maximum atomic E-state index is 5.58. The predicted octanol–water partition coefficient (Wildman–Crippen LogP) is -0.220. The Bertz CT molecular complexity index is 246. The number of rotatable bonds is 4. The number of hydrogen-bond donors (Lipinski definition) is 3. The molecule has 6 nitrogen and oxygen atoms in total. The zero-order valence-electron chi connectivity index (χ0n) is 6.82. The van der Waals surface area contributed by atoms with Gasteiger partial charge in [0.2, 0.25) is 5.16 Å². The molecule has 0 spiro atoms. The van der Waals surface area contributed by atoms with Crippen molar-refractivity contribution in [2.45, 2.75) is 18.5 Å². The van der Waals surface area contributed by atoms with E-state index in [2.05, 4.69) is 22.5 Å². The van der Waals surface area contributed by atoms with E-state index in [1.54, 1.807) is 11.8 Å². The average Bonchev–Trinajstić information content (AvgIpc) is 2.43. The van der Waals surface area contributed by atoms with Gasteiger partial charge >= 0.3 is 0 Å². The fourth-order valence-electron chi connectivity index (χ4n) is 0.667. The summed E-state index contributed by atoms with van der Waals surface area (Å²) >= 11 is 1.55. The Labute approximate surface area is 74.6 Å². The third-order valence-corrected chi connectivity index (χ3v) is 2.38. The monoisotopic (exact) mass is 188 g/mol. The van der Waals surface area contributed by atoms with Crippen LogP contribution < -0.4 is 17.1 Å². The van der Waals surface area contributed by atoms with Crippen LogP contribution in [0.25, 0.3) is 0 Å². The molecule has 0 aliphatic heterocycles. The highest BCUT2D eigenvalue weighted by atomic mass is 32.2. The molecule has 0 radical (unpaired) electrons. The third kappa shape index (κ3) is 1.80. The molecule has 5 N–H and O–H groups in total. The minimum atomic E-state index is 0.369. The van der Waals surface area contributed by atoms with Gasteiger partial charge in [0.25, 0.3) is 5.95 Å². The van der Waals surface area contributed by atoms with Crippen LogP contribution in [-0.2, 0) is 0 Å². The van der Waals surface area contributed by atoms with Crippen molar-refractivity contribution in [1.29, 1.82) is 0 Å². The molecule has 0 aliphatic rings. The van der Waals surface area contributed by atoms with Gasteiger partial charge in [0.05, 0.1) is 0 Å². The first-order valence-electron chi connectivity index (χ1n) is 3.59. The lowest BCUT2D eigenvalue weighted by molar-refractivity contribution is 0.845. The summed E-state index contributed by atoms with van der Waals surface area (Å²) in [6, 6.07) is 0. The molecule has 0 fully saturated rings. The van der Waals surface area contributed by atoms with Crippen molar-refractivity contribution in [2.75, 3.05) is 17.0 Å². The van der Waals surface area contributed by atoms with Crippen molar-refractivity contribution >= 4 is 17.7 Å². The lowest BCUT2D eigenvalue weighted by atomic mass is 10.6. The van der Waals surface area contributed by atoms with E-state index in [9.17, 15) is 0 Å². The maximum Gasteiger partial charge on any atom is 0.258 e. The normalized spacial score (nSPS) is 10.2. The fraction of sp³-hybridized carbons (Fsp3) is 0.600. The van der Waals surface area contributed by atoms with Gasteiger partial charge in [-0.25, -0.2) is 10.5 Å². The first-order valence-corrected chi connectivity index (χ1v) is 4.58. The van der Waals surface area contributed by atoms with Crippen LogP contribution in [0.5, 0.6) is 0 Å². The molecule has 0 aromatic carbocycles. The van der Waals surface area contributed by atoms with E-state index in [4.69, 9.17) is 11.7 Å². The molecule has 0 saturated heterocycles. The highest BCUT2D eigenvalue weighted by Crippen LogP contribution is 2.16. The van der Waals surface area contributed by atoms with Gasteiger partial charge in [-0.05, 0) is 6.42 Å². The molecule has 1 heterocycles. The molecule has 0 amide bonds. The van der Waals surface area contributed by atoms with Gasteiger partial charge in [-0.15, -0.1) is 10.2 Å². The Morgan fingerprint density at radius 2 is 2.33 bits per heavy atom. The second kappa shape index (κ2) is 4.17. The van der Waals surface area contributed by atoms with E-state index in [1.165, 1.54) is 4.68 Å². The quantitative estimate of drug-likeness (QED) is 0.343. The third-order valence-electron chi connectivity index (χ3n) is 1.23. The van der Waals surface area contributed by atoms with Crippen LogP contribution in [0, 0.1) is 0 Å². The zero-order valence-corrected chi connectivity index (χ0v) is 7.64. The number of thioether (sulfide) groups is 1. The topological polar surface area (TPSA) is 94.8 Å². The van der Waals surface area contributed by atoms with Gasteiger partial charge < -0.3 is 5.84 Å². The smallest absolute Gasteiger partial charge is 0.258 e. The first kappa shape index (κ1) is 9.14. The number of aromatic nitrogens is 3. The molecule has 1 rings (SSSR count). The summed E-state index contributed by atoms with van der Waals surface area (Å²) < 4.78 is 1.33. The van der Waals surface area contributed by atoms with E-state index in [0.717, 1.165) is 12.2 Å². The number of nitrogens with zero attached hydrogens (tertiary/aromatic N) is 3. The van der Waals surface area contributed by atoms with Gasteiger partial charge in [0.1, 0.15) is 0 Å². The Hall–Kier alpha value is -0.950. The van der Waals surface area contributed by atoms with E-state index in [0.29, 0.717) is 11.1 Å². The van der Waals surface area contributed by atoms with Crippen LogP contribution in [0.4, 0.5) is 5.95 Å². The maximum absolute atomic E-state index is 5.58. The van der Waals surface area contributed by atoms with Crippen molar-refractivity contribution in [3.63, 3.8) is 0 Å². The number of hydrogen-bond acceptors (Lipinski definition) is 6. The number of nitrogens with two attached hydrogens (primary N) is 2. The Morgan fingerprint density at radius 3 is 2.83 bits per heavy atom. The van der Waals surface area contributed by atoms with Crippen molar-refractivity contribution in [2.24, 2.45) is 5.84 Å². The van der Waals surface area contributed by atoms with E-state index in [-0.39, 0.29) is 0 Å². The molecule has 1 aromatic rings. The summed E-state index contributed by atoms with van der Waals surface area (Å²) in [5.74, 6) is 12.1. The standard InChI is InChI=1S/C5H12N6S/c1-2-3-12-5-10-9-4(8-6)11(5)7/h2-3,6-7H2,1H3,(H,8,9). The van der Waals surface area contributed by atoms with Crippen LogP contribution in [0.2, 0.25) is 0 Å². The SMILES string of the molecule is CCCSc1nnc(NN)n1N. The molecule has 0 unspecified atom stereocenters. The van der Waals surface area contributed by atoms with Crippen molar-refractivity contribution in [3.05, 3.63) is 0 Å². The van der Waals surface area contributed by atoms with Crippen LogP contribution in [0.1, 0.15) is 13.3 Å². The minimum absolute atomic E-state index is 0.369. The molecule has 0 atom stereocenters. The molecule has 0 aliphatic carbocycles. The van der Waals surface area contributed by atoms with Gasteiger partial charge in [-0.1, -0.05) is 18.7 Å². The van der Waals surface area contributed by atoms with Crippen molar-refractivity contribution in [3.8, 4) is 0 Å². The van der Waals surface area contributed by atoms with Crippen molar-refractivity contribution < 1.29 is 0 Å². The predicted molar refractivity (Wildman–Crippen MR) is 49.0 cm³/mol. The Kier molecular flexibility index (Phi) is 3.18. The van der Waals surface area contributed by atoms with Crippen LogP contribution in [-0.4, -0.2) is 20.6 Å². The number of nitrogen functional groups attached to an aromatic ring is 2. The number of hydrazine groups is 1. The van der Waals surface area contributed by atoms with Crippen LogP contribution in [0.3, 0.4) is 0 Å². The summed E-state index contributed by atoms with van der Waals surface area (Å²) in [5, 5.41) is 8.22. The fourth-order valence-corrected chi connectivity index (χ4v) is 1.38. The molecular weight excluding hydrogens is 176 g/mol. The highest BCUT2D eigenvalue weighted by Gasteiger charge is 2.07. The molecule has 0 bridgehead atoms. The molecule has 0 saturated carbocycles. The lowest BCUT2D eigenvalue weighted by Gasteiger charge is -2.00. The number of anilines is 1. The van der Waals surface area contributed by atoms with Gasteiger partial charge in [-0.2, -0.15) is 0 Å². The van der Waals surface area contributed by atoms with Crippen LogP contribution >= 0.6 is 11.8 Å². The minimum Gasteiger partial charge on any atom is -0.334 e. The Morgan fingerprint density at radius 1 is 1.58 bits per heavy atom. The molecule has 12 heavy (non-hydrogen) atoms. The summed E-state index contributed by atoms with van der Waals surface area (Å²) in [6.07, 6.45) is 1.07. The first-order chi connectivity index (χ1) is 5.79. The van der Waals surface area contributed by atoms with Gasteiger partial charge in [-0.3, -0.25) is 5.43 Å². The van der Waals surface area contributed by atoms with E-state index >= 15 is 0 Å². The molecule has 68 valence electrons. The van der Waals surface area contributed by atoms with Crippen LogP contribution in [0.15, 0.2) is 5.16 Å². The summed E-state index contributed by atoms with van der Waals surface area (Å²) in [6.45, 7) is 2.09. The lowest BCUT2D eigenvalue weighted by Crippen LogP contribution is -2.18. The summed E-state index contributed by atoms with van der Waals surface area (Å²) in [7, 11) is 0. The zero-order chi connectivity index (χ0) is 8.97. The molecule has 7 heteroatoms. The van der Waals surface area contributed by atoms with E-state index < -0.39 is 0 Å². The largest absolute Gasteiger partial charge is 0.334 e. The summed E-state index contributed by atoms with van der Waals surface area (Å²) in [5.41, 5.74) is 2.34. The van der Waals surface area contributed by atoms with Crippen molar-refractivity contribution in [1.82, 2.24) is 14.9 Å². The van der Waals surface area contributed by atoms with Gasteiger partial charge in [0, 0.05) is 5.75 Å². The molecular formula is C5H12N6S. The summed E-state index contributed by atoms with van der Waals surface area (Å²) in [4.78, 5) is 0.